The van der Waals surface area contributed by atoms with E-state index in [-0.39, 0.29) is 43.6 Å². The lowest BCUT2D eigenvalue weighted by molar-refractivity contribution is -0.174. The number of benzene rings is 1. The van der Waals surface area contributed by atoms with Gasteiger partial charge in [-0.15, -0.1) is 0 Å². The van der Waals surface area contributed by atoms with Gasteiger partial charge in [0.25, 0.3) is 0 Å². The van der Waals surface area contributed by atoms with Gasteiger partial charge < -0.3 is 14.8 Å². The van der Waals surface area contributed by atoms with Crippen LogP contribution >= 0.6 is 0 Å². The van der Waals surface area contributed by atoms with Gasteiger partial charge in [-0.25, -0.2) is 18.3 Å². The maximum Gasteiger partial charge on any atom is 0.338 e. The fourth-order valence-electron chi connectivity index (χ4n) is 5.23. The van der Waals surface area contributed by atoms with Crippen LogP contribution in [0.15, 0.2) is 18.3 Å². The standard InChI is InChI=1S/C24H35F2N3O3Si/c1-5-32-22(30)17-6-7-18(20-12-23(8-9-27-20)14-24(25,26)15-23)21-19(17)13-28-29(21)16-31-10-11-33(2,3)4/h6-7,13,20,27H,5,8-12,14-16H2,1-4H3. The number of alkyl halides is 2. The predicted molar refractivity (Wildman–Crippen MR) is 126 cm³/mol. The molecule has 1 aromatic heterocycles. The van der Waals surface area contributed by atoms with E-state index < -0.39 is 14.0 Å². The summed E-state index contributed by atoms with van der Waals surface area (Å²) in [5.74, 6) is -2.93. The highest BCUT2D eigenvalue weighted by molar-refractivity contribution is 6.76. The van der Waals surface area contributed by atoms with Crippen molar-refractivity contribution in [3.63, 3.8) is 0 Å². The Hall–Kier alpha value is -1.84. The molecule has 4 rings (SSSR count). The Morgan fingerprint density at radius 3 is 2.73 bits per heavy atom. The van der Waals surface area contributed by atoms with Crippen LogP contribution in [0.2, 0.25) is 25.7 Å². The van der Waals surface area contributed by atoms with Gasteiger partial charge in [-0.3, -0.25) is 0 Å². The van der Waals surface area contributed by atoms with E-state index in [0.717, 1.165) is 23.5 Å². The highest BCUT2D eigenvalue weighted by Crippen LogP contribution is 2.59. The molecule has 9 heteroatoms. The molecule has 1 aromatic carbocycles. The molecule has 1 aliphatic carbocycles. The van der Waals surface area contributed by atoms with E-state index >= 15 is 0 Å². The molecule has 1 N–H and O–H groups in total. The number of carbonyl (C=O) groups is 1. The largest absolute Gasteiger partial charge is 0.462 e. The molecular formula is C24H35F2N3O3Si. The topological polar surface area (TPSA) is 65.4 Å². The third-order valence-corrected chi connectivity index (χ3v) is 8.57. The lowest BCUT2D eigenvalue weighted by Crippen LogP contribution is -2.52. The van der Waals surface area contributed by atoms with Gasteiger partial charge in [0.1, 0.15) is 6.73 Å². The highest BCUT2D eigenvalue weighted by atomic mass is 28.3. The molecule has 2 aliphatic rings. The fraction of sp³-hybridized carbons (Fsp3) is 0.667. The first-order valence-electron chi connectivity index (χ1n) is 11.9. The van der Waals surface area contributed by atoms with Crippen molar-refractivity contribution < 1.29 is 23.0 Å². The second kappa shape index (κ2) is 9.07. The third-order valence-electron chi connectivity index (χ3n) is 6.86. The zero-order valence-corrected chi connectivity index (χ0v) is 21.0. The van der Waals surface area contributed by atoms with Crippen LogP contribution in [0, 0.1) is 5.41 Å². The highest BCUT2D eigenvalue weighted by Gasteiger charge is 2.57. The lowest BCUT2D eigenvalue weighted by atomic mass is 9.59. The van der Waals surface area contributed by atoms with Crippen LogP contribution in [0.4, 0.5) is 8.78 Å². The van der Waals surface area contributed by atoms with Crippen LogP contribution in [0.1, 0.15) is 54.6 Å². The number of fused-ring (bicyclic) bond motifs is 1. The van der Waals surface area contributed by atoms with Crippen molar-refractivity contribution in [2.24, 2.45) is 5.41 Å². The van der Waals surface area contributed by atoms with Crippen molar-refractivity contribution >= 4 is 24.9 Å². The van der Waals surface area contributed by atoms with Crippen LogP contribution in [0.25, 0.3) is 10.9 Å². The van der Waals surface area contributed by atoms with E-state index in [1.54, 1.807) is 23.9 Å². The number of carbonyl (C=O) groups excluding carboxylic acids is 1. The van der Waals surface area contributed by atoms with E-state index in [2.05, 4.69) is 30.1 Å². The van der Waals surface area contributed by atoms with Gasteiger partial charge in [-0.1, -0.05) is 25.7 Å². The summed E-state index contributed by atoms with van der Waals surface area (Å²) >= 11 is 0. The van der Waals surface area contributed by atoms with Crippen molar-refractivity contribution in [1.29, 1.82) is 0 Å². The first-order valence-corrected chi connectivity index (χ1v) is 15.6. The van der Waals surface area contributed by atoms with Crippen molar-refractivity contribution in [3.8, 4) is 0 Å². The first kappa shape index (κ1) is 24.3. The van der Waals surface area contributed by atoms with Gasteiger partial charge in [-0.2, -0.15) is 5.10 Å². The summed E-state index contributed by atoms with van der Waals surface area (Å²) in [7, 11) is -1.22. The molecule has 0 amide bonds. The van der Waals surface area contributed by atoms with E-state index in [4.69, 9.17) is 9.47 Å². The second-order valence-corrected chi connectivity index (χ2v) is 16.5. The maximum atomic E-state index is 13.7. The Balaban J connectivity index is 1.64. The summed E-state index contributed by atoms with van der Waals surface area (Å²) in [5, 5.41) is 8.76. The molecule has 0 bridgehead atoms. The summed E-state index contributed by atoms with van der Waals surface area (Å²) in [5.41, 5.74) is 1.93. The number of ether oxygens (including phenoxy) is 2. The van der Waals surface area contributed by atoms with Crippen LogP contribution in [0.3, 0.4) is 0 Å². The Morgan fingerprint density at radius 2 is 2.06 bits per heavy atom. The number of nitrogens with zero attached hydrogens (tertiary/aromatic N) is 2. The number of piperidine rings is 1. The molecule has 2 heterocycles. The van der Waals surface area contributed by atoms with Gasteiger partial charge in [0.05, 0.1) is 23.9 Å². The molecule has 1 spiro atoms. The van der Waals surface area contributed by atoms with E-state index in [0.29, 0.717) is 30.5 Å². The monoisotopic (exact) mass is 479 g/mol. The Kier molecular flexibility index (Phi) is 6.68. The average Bonchev–Trinajstić information content (AvgIpc) is 3.12. The molecule has 1 saturated heterocycles. The number of halogens is 2. The molecule has 2 aromatic rings. The number of hydrogen-bond donors (Lipinski definition) is 1. The maximum absolute atomic E-state index is 13.7. The molecule has 1 atom stereocenters. The van der Waals surface area contributed by atoms with Gasteiger partial charge in [-0.05, 0) is 49.4 Å². The smallest absolute Gasteiger partial charge is 0.338 e. The van der Waals surface area contributed by atoms with Crippen LogP contribution in [-0.2, 0) is 16.2 Å². The van der Waals surface area contributed by atoms with Gasteiger partial charge in [0.2, 0.25) is 5.92 Å². The van der Waals surface area contributed by atoms with Crippen molar-refractivity contribution in [2.45, 2.75) is 77.0 Å². The molecule has 33 heavy (non-hydrogen) atoms. The molecule has 2 fully saturated rings. The number of rotatable bonds is 8. The summed E-state index contributed by atoms with van der Waals surface area (Å²) in [6.45, 7) is 10.6. The number of esters is 1. The van der Waals surface area contributed by atoms with Crippen LogP contribution < -0.4 is 5.32 Å². The minimum Gasteiger partial charge on any atom is -0.462 e. The zero-order chi connectivity index (χ0) is 23.9. The summed E-state index contributed by atoms with van der Waals surface area (Å²) in [6, 6.07) is 4.66. The average molecular weight is 480 g/mol. The van der Waals surface area contributed by atoms with E-state index in [9.17, 15) is 13.6 Å². The number of nitrogens with one attached hydrogen (secondary N) is 1. The molecule has 182 valence electrons. The normalized spacial score (nSPS) is 21.8. The molecule has 1 saturated carbocycles. The SMILES string of the molecule is CCOC(=O)c1ccc(C2CC3(CCN2)CC(F)(F)C3)c2c1cnn2COCC[Si](C)(C)C. The third kappa shape index (κ3) is 5.30. The second-order valence-electron chi connectivity index (χ2n) is 10.8. The van der Waals surface area contributed by atoms with Gasteiger partial charge in [0, 0.05) is 39.0 Å². The van der Waals surface area contributed by atoms with Crippen molar-refractivity contribution in [1.82, 2.24) is 15.1 Å². The molecule has 0 radical (unpaired) electrons. The molecule has 1 aliphatic heterocycles. The van der Waals surface area contributed by atoms with Gasteiger partial charge >= 0.3 is 5.97 Å². The predicted octanol–water partition coefficient (Wildman–Crippen LogP) is 5.37. The fourth-order valence-corrected chi connectivity index (χ4v) is 5.99. The van der Waals surface area contributed by atoms with Crippen molar-refractivity contribution in [3.05, 3.63) is 29.5 Å². The number of aromatic nitrogens is 2. The van der Waals surface area contributed by atoms with Crippen LogP contribution in [0.5, 0.6) is 0 Å². The quantitative estimate of drug-likeness (QED) is 0.313. The number of hydrogen-bond acceptors (Lipinski definition) is 5. The van der Waals surface area contributed by atoms with E-state index in [1.165, 1.54) is 0 Å². The Labute approximate surface area is 195 Å². The minimum absolute atomic E-state index is 0.0404. The Bertz CT molecular complexity index is 1010. The molecule has 1 unspecified atom stereocenters. The van der Waals surface area contributed by atoms with Gasteiger partial charge in [0.15, 0.2) is 0 Å². The molecular weight excluding hydrogens is 444 g/mol. The molecule has 6 nitrogen and oxygen atoms in total. The summed E-state index contributed by atoms with van der Waals surface area (Å²) in [6.07, 6.45) is 3.02. The lowest BCUT2D eigenvalue weighted by Gasteiger charge is -2.52. The summed E-state index contributed by atoms with van der Waals surface area (Å²) < 4.78 is 40.5. The first-order chi connectivity index (χ1) is 15.5. The van der Waals surface area contributed by atoms with E-state index in [1.807, 2.05) is 6.07 Å². The summed E-state index contributed by atoms with van der Waals surface area (Å²) in [4.78, 5) is 12.6. The Morgan fingerprint density at radius 1 is 1.30 bits per heavy atom. The van der Waals surface area contributed by atoms with Crippen LogP contribution in [-0.4, -0.2) is 49.5 Å². The minimum atomic E-state index is -2.54. The zero-order valence-electron chi connectivity index (χ0n) is 20.0. The van der Waals surface area contributed by atoms with Crippen molar-refractivity contribution in [2.75, 3.05) is 19.8 Å².